The lowest BCUT2D eigenvalue weighted by atomic mass is 9.99. The highest BCUT2D eigenvalue weighted by Crippen LogP contribution is 2.36. The Morgan fingerprint density at radius 1 is 0.854 bits per heavy atom. The monoisotopic (exact) mass is 621 g/mol. The van der Waals surface area contributed by atoms with E-state index in [2.05, 4.69) is 37.5 Å². The number of aromatic amines is 1. The first-order valence-corrected chi connectivity index (χ1v) is 13.8. The van der Waals surface area contributed by atoms with Crippen LogP contribution >= 0.6 is 27.5 Å². The summed E-state index contributed by atoms with van der Waals surface area (Å²) >= 11 is 9.37. The van der Waals surface area contributed by atoms with Gasteiger partial charge in [0.1, 0.15) is 11.4 Å². The summed E-state index contributed by atoms with van der Waals surface area (Å²) < 4.78 is 6.37. The standard InChI is InChI=1S/C33H21BrClN3O3/c34-24-13-17-28(41-33(40)22-10-14-25(35)15-11-22)23(18-24)19-36-38-32(39)31-29(21-7-2-1-3-8-21)27-16-12-20-6-4-5-9-26(20)30(27)37-31/h1-19,37H,(H,38,39). The van der Waals surface area contributed by atoms with E-state index in [0.29, 0.717) is 21.8 Å². The maximum Gasteiger partial charge on any atom is 0.343 e. The van der Waals surface area contributed by atoms with Gasteiger partial charge in [-0.2, -0.15) is 5.10 Å². The molecule has 8 heteroatoms. The molecule has 0 bridgehead atoms. The smallest absolute Gasteiger partial charge is 0.343 e. The van der Waals surface area contributed by atoms with Gasteiger partial charge in [0.05, 0.1) is 17.3 Å². The number of nitrogens with zero attached hydrogens (tertiary/aromatic N) is 1. The number of hydrazone groups is 1. The first-order valence-electron chi connectivity index (χ1n) is 12.7. The molecule has 0 radical (unpaired) electrons. The molecule has 0 saturated carbocycles. The van der Waals surface area contributed by atoms with Crippen LogP contribution in [-0.4, -0.2) is 23.1 Å². The number of H-pyrrole nitrogens is 1. The average Bonchev–Trinajstić information content (AvgIpc) is 3.39. The van der Waals surface area contributed by atoms with Gasteiger partial charge in [-0.1, -0.05) is 94.3 Å². The van der Waals surface area contributed by atoms with E-state index in [0.717, 1.165) is 37.3 Å². The van der Waals surface area contributed by atoms with Crippen molar-refractivity contribution < 1.29 is 14.3 Å². The maximum absolute atomic E-state index is 13.5. The molecule has 0 spiro atoms. The van der Waals surface area contributed by atoms with E-state index in [-0.39, 0.29) is 5.75 Å². The lowest BCUT2D eigenvalue weighted by Crippen LogP contribution is -2.19. The average molecular weight is 623 g/mol. The summed E-state index contributed by atoms with van der Waals surface area (Å²) in [5, 5.41) is 7.75. The topological polar surface area (TPSA) is 83.5 Å². The minimum absolute atomic E-state index is 0.285. The molecule has 0 unspecified atom stereocenters. The van der Waals surface area contributed by atoms with Crippen molar-refractivity contribution in [3.8, 4) is 16.9 Å². The van der Waals surface area contributed by atoms with Crippen molar-refractivity contribution in [2.75, 3.05) is 0 Å². The quantitative estimate of drug-likeness (QED) is 0.0847. The predicted molar refractivity (Wildman–Crippen MR) is 167 cm³/mol. The van der Waals surface area contributed by atoms with Crippen molar-refractivity contribution in [2.45, 2.75) is 0 Å². The van der Waals surface area contributed by atoms with Crippen molar-refractivity contribution in [2.24, 2.45) is 5.10 Å². The van der Waals surface area contributed by atoms with Gasteiger partial charge in [0.15, 0.2) is 0 Å². The number of amides is 1. The number of aromatic nitrogens is 1. The third kappa shape index (κ3) is 5.50. The largest absolute Gasteiger partial charge is 0.422 e. The van der Waals surface area contributed by atoms with Gasteiger partial charge in [0.25, 0.3) is 5.91 Å². The second-order valence-electron chi connectivity index (χ2n) is 9.23. The fourth-order valence-corrected chi connectivity index (χ4v) is 5.19. The van der Waals surface area contributed by atoms with Gasteiger partial charge in [0, 0.05) is 31.4 Å². The molecule has 200 valence electrons. The molecule has 41 heavy (non-hydrogen) atoms. The van der Waals surface area contributed by atoms with Gasteiger partial charge in [-0.15, -0.1) is 0 Å². The van der Waals surface area contributed by atoms with Crippen molar-refractivity contribution >= 4 is 67.3 Å². The molecule has 0 aliphatic rings. The zero-order valence-corrected chi connectivity index (χ0v) is 23.7. The van der Waals surface area contributed by atoms with Crippen LogP contribution in [0.4, 0.5) is 0 Å². The first-order chi connectivity index (χ1) is 20.0. The molecule has 1 amide bonds. The molecule has 2 N–H and O–H groups in total. The zero-order valence-electron chi connectivity index (χ0n) is 21.4. The van der Waals surface area contributed by atoms with Crippen LogP contribution in [0.2, 0.25) is 5.02 Å². The van der Waals surface area contributed by atoms with E-state index in [4.69, 9.17) is 16.3 Å². The summed E-state index contributed by atoms with van der Waals surface area (Å²) in [4.78, 5) is 29.6. The number of fused-ring (bicyclic) bond motifs is 3. The number of carbonyl (C=O) groups is 2. The third-order valence-electron chi connectivity index (χ3n) is 6.61. The number of carbonyl (C=O) groups excluding carboxylic acids is 2. The Kier molecular flexibility index (Phi) is 7.37. The molecule has 0 fully saturated rings. The van der Waals surface area contributed by atoms with E-state index in [9.17, 15) is 9.59 Å². The van der Waals surface area contributed by atoms with Crippen molar-refractivity contribution in [3.05, 3.63) is 136 Å². The highest BCUT2D eigenvalue weighted by Gasteiger charge is 2.20. The summed E-state index contributed by atoms with van der Waals surface area (Å²) in [7, 11) is 0. The number of benzene rings is 5. The minimum atomic E-state index is -0.541. The first kappa shape index (κ1) is 26.5. The fourth-order valence-electron chi connectivity index (χ4n) is 4.69. The molecule has 0 aliphatic heterocycles. The summed E-state index contributed by atoms with van der Waals surface area (Å²) in [5.41, 5.74) is 6.45. The number of hydrogen-bond donors (Lipinski definition) is 2. The lowest BCUT2D eigenvalue weighted by Gasteiger charge is -2.08. The second kappa shape index (κ2) is 11.4. The Morgan fingerprint density at radius 2 is 1.61 bits per heavy atom. The van der Waals surface area contributed by atoms with E-state index in [1.165, 1.54) is 6.21 Å². The molecule has 6 aromatic rings. The summed E-state index contributed by atoms with van der Waals surface area (Å²) in [5.74, 6) is -0.663. The van der Waals surface area contributed by atoms with Crippen LogP contribution in [0.1, 0.15) is 26.4 Å². The van der Waals surface area contributed by atoms with Crippen LogP contribution in [0.25, 0.3) is 32.8 Å². The van der Waals surface area contributed by atoms with E-state index >= 15 is 0 Å². The van der Waals surface area contributed by atoms with Crippen molar-refractivity contribution in [1.29, 1.82) is 0 Å². The summed E-state index contributed by atoms with van der Waals surface area (Å²) in [6.45, 7) is 0. The third-order valence-corrected chi connectivity index (χ3v) is 7.36. The van der Waals surface area contributed by atoms with Crippen LogP contribution in [0.3, 0.4) is 0 Å². The molecular weight excluding hydrogens is 602 g/mol. The Bertz CT molecular complexity index is 1950. The van der Waals surface area contributed by atoms with Crippen molar-refractivity contribution in [1.82, 2.24) is 10.4 Å². The highest BCUT2D eigenvalue weighted by atomic mass is 79.9. The summed E-state index contributed by atoms with van der Waals surface area (Å²) in [6.07, 6.45) is 1.44. The van der Waals surface area contributed by atoms with Gasteiger partial charge in [0.2, 0.25) is 0 Å². The van der Waals surface area contributed by atoms with Crippen LogP contribution in [0.5, 0.6) is 5.75 Å². The number of halogens is 2. The predicted octanol–water partition coefficient (Wildman–Crippen LogP) is 8.39. The van der Waals surface area contributed by atoms with E-state index < -0.39 is 11.9 Å². The van der Waals surface area contributed by atoms with E-state index in [1.54, 1.807) is 42.5 Å². The molecular formula is C33H21BrClN3O3. The van der Waals surface area contributed by atoms with Gasteiger partial charge in [-0.25, -0.2) is 10.2 Å². The van der Waals surface area contributed by atoms with Crippen LogP contribution in [-0.2, 0) is 0 Å². The molecule has 1 aromatic heterocycles. The van der Waals surface area contributed by atoms with Gasteiger partial charge >= 0.3 is 5.97 Å². The van der Waals surface area contributed by atoms with Gasteiger partial charge in [-0.3, -0.25) is 4.79 Å². The molecule has 6 nitrogen and oxygen atoms in total. The van der Waals surface area contributed by atoms with Crippen LogP contribution in [0.15, 0.2) is 119 Å². The highest BCUT2D eigenvalue weighted by molar-refractivity contribution is 9.10. The normalized spacial score (nSPS) is 11.3. The zero-order chi connectivity index (χ0) is 28.3. The van der Waals surface area contributed by atoms with Crippen LogP contribution < -0.4 is 10.2 Å². The van der Waals surface area contributed by atoms with Crippen molar-refractivity contribution in [3.63, 3.8) is 0 Å². The number of nitrogens with one attached hydrogen (secondary N) is 2. The number of esters is 1. The Balaban J connectivity index is 1.31. The second-order valence-corrected chi connectivity index (χ2v) is 10.6. The molecule has 1 heterocycles. The SMILES string of the molecule is O=C(Oc1ccc(Br)cc1C=NNC(=O)c1[nH]c2c(ccc3ccccc32)c1-c1ccccc1)c1ccc(Cl)cc1. The van der Waals surface area contributed by atoms with Gasteiger partial charge < -0.3 is 9.72 Å². The Hall–Kier alpha value is -4.72. The molecule has 6 rings (SSSR count). The Labute approximate surface area is 248 Å². The fraction of sp³-hybridized carbons (Fsp3) is 0. The molecule has 0 aliphatic carbocycles. The minimum Gasteiger partial charge on any atom is -0.422 e. The number of hydrogen-bond acceptors (Lipinski definition) is 4. The number of rotatable bonds is 6. The Morgan fingerprint density at radius 3 is 2.41 bits per heavy atom. The molecule has 5 aromatic carbocycles. The number of ether oxygens (including phenoxy) is 1. The van der Waals surface area contributed by atoms with Gasteiger partial charge in [-0.05, 0) is 53.4 Å². The van der Waals surface area contributed by atoms with Crippen LogP contribution in [0, 0.1) is 0 Å². The lowest BCUT2D eigenvalue weighted by molar-refractivity contribution is 0.0734. The maximum atomic E-state index is 13.5. The van der Waals surface area contributed by atoms with E-state index in [1.807, 2.05) is 60.7 Å². The molecule has 0 saturated heterocycles. The molecule has 0 atom stereocenters. The summed E-state index contributed by atoms with van der Waals surface area (Å²) in [6, 6.07) is 33.4.